The number of carbonyl (C=O) groups excluding carboxylic acids is 1. The number of amides is 1. The van der Waals surface area contributed by atoms with E-state index in [0.29, 0.717) is 11.4 Å². The van der Waals surface area contributed by atoms with Gasteiger partial charge in [0.15, 0.2) is 0 Å². The van der Waals surface area contributed by atoms with Crippen LogP contribution in [0.2, 0.25) is 0 Å². The maximum atomic E-state index is 10.5. The fourth-order valence-electron chi connectivity index (χ4n) is 1.91. The van der Waals surface area contributed by atoms with Gasteiger partial charge in [0.2, 0.25) is 0 Å². The summed E-state index contributed by atoms with van der Waals surface area (Å²) in [6, 6.07) is 3.60. The monoisotopic (exact) mass is 248 g/mol. The van der Waals surface area contributed by atoms with E-state index in [-0.39, 0.29) is 10.8 Å². The highest BCUT2D eigenvalue weighted by Gasteiger charge is 2.26. The van der Waals surface area contributed by atoms with E-state index in [1.54, 1.807) is 18.5 Å². The SMILES string of the molecule is CC(C)(C)c1cc(N[C]=O)cc(C(C)(C)C)c1O. The number of hydrogen-bond donors (Lipinski definition) is 2. The van der Waals surface area contributed by atoms with Crippen LogP contribution in [0.3, 0.4) is 0 Å². The Morgan fingerprint density at radius 3 is 1.67 bits per heavy atom. The Labute approximate surface area is 109 Å². The largest absolute Gasteiger partial charge is 0.507 e. The zero-order chi connectivity index (χ0) is 14.1. The summed E-state index contributed by atoms with van der Waals surface area (Å²) in [6.07, 6.45) is 1.68. The summed E-state index contributed by atoms with van der Waals surface area (Å²) in [6.45, 7) is 12.2. The predicted octanol–water partition coefficient (Wildman–Crippen LogP) is 3.47. The Kier molecular flexibility index (Phi) is 3.75. The molecule has 0 heterocycles. The second kappa shape index (κ2) is 4.63. The highest BCUT2D eigenvalue weighted by atomic mass is 16.3. The van der Waals surface area contributed by atoms with Gasteiger partial charge in [0.25, 0.3) is 0 Å². The van der Waals surface area contributed by atoms with Crippen molar-refractivity contribution in [2.75, 3.05) is 5.32 Å². The van der Waals surface area contributed by atoms with Gasteiger partial charge in [0, 0.05) is 16.8 Å². The van der Waals surface area contributed by atoms with Crippen molar-refractivity contribution < 1.29 is 9.90 Å². The van der Waals surface area contributed by atoms with Gasteiger partial charge in [0.05, 0.1) is 0 Å². The molecule has 1 aromatic rings. The van der Waals surface area contributed by atoms with Gasteiger partial charge in [-0.2, -0.15) is 0 Å². The third kappa shape index (κ3) is 3.03. The standard InChI is InChI=1S/C15H22NO2/c1-14(2,3)11-7-10(16-9-17)8-12(13(11)18)15(4,5)6/h7-8,18H,1-6H3,(H,16,17). The van der Waals surface area contributed by atoms with Crippen molar-refractivity contribution in [2.45, 2.75) is 52.4 Å². The van der Waals surface area contributed by atoms with E-state index in [2.05, 4.69) is 5.32 Å². The molecule has 2 N–H and O–H groups in total. The van der Waals surface area contributed by atoms with E-state index in [0.717, 1.165) is 11.1 Å². The van der Waals surface area contributed by atoms with Crippen molar-refractivity contribution in [3.05, 3.63) is 23.3 Å². The van der Waals surface area contributed by atoms with Crippen LogP contribution in [0, 0.1) is 0 Å². The number of phenolic OH excluding ortho intramolecular Hbond substituents is 1. The van der Waals surface area contributed by atoms with Crippen LogP contribution >= 0.6 is 0 Å². The molecule has 0 aliphatic rings. The average molecular weight is 248 g/mol. The number of anilines is 1. The van der Waals surface area contributed by atoms with Crippen LogP contribution in [0.15, 0.2) is 12.1 Å². The third-order valence-electron chi connectivity index (χ3n) is 2.92. The lowest BCUT2D eigenvalue weighted by Gasteiger charge is -2.28. The van der Waals surface area contributed by atoms with Crippen molar-refractivity contribution in [3.63, 3.8) is 0 Å². The molecule has 0 unspecified atom stereocenters. The first kappa shape index (κ1) is 14.6. The predicted molar refractivity (Wildman–Crippen MR) is 74.8 cm³/mol. The van der Waals surface area contributed by atoms with Crippen LogP contribution in [-0.4, -0.2) is 11.5 Å². The van der Waals surface area contributed by atoms with Gasteiger partial charge < -0.3 is 10.4 Å². The number of benzene rings is 1. The van der Waals surface area contributed by atoms with Crippen molar-refractivity contribution in [2.24, 2.45) is 0 Å². The van der Waals surface area contributed by atoms with Crippen molar-refractivity contribution in [3.8, 4) is 5.75 Å². The lowest BCUT2D eigenvalue weighted by atomic mass is 9.79. The van der Waals surface area contributed by atoms with E-state index >= 15 is 0 Å². The first-order valence-corrected chi connectivity index (χ1v) is 6.08. The first-order valence-electron chi connectivity index (χ1n) is 6.08. The molecule has 0 spiro atoms. The minimum absolute atomic E-state index is 0.190. The van der Waals surface area contributed by atoms with Gasteiger partial charge in [-0.1, -0.05) is 41.5 Å². The van der Waals surface area contributed by atoms with Crippen LogP contribution in [0.5, 0.6) is 5.75 Å². The molecule has 0 saturated heterocycles. The Bertz CT molecular complexity index is 416. The highest BCUT2D eigenvalue weighted by Crippen LogP contribution is 2.40. The molecule has 18 heavy (non-hydrogen) atoms. The molecule has 0 aromatic heterocycles. The lowest BCUT2D eigenvalue weighted by molar-refractivity contribution is 0.423. The van der Waals surface area contributed by atoms with Gasteiger partial charge in [-0.3, -0.25) is 4.79 Å². The van der Waals surface area contributed by atoms with Crippen LogP contribution in [0.4, 0.5) is 5.69 Å². The second-order valence-corrected chi connectivity index (χ2v) is 6.65. The topological polar surface area (TPSA) is 49.3 Å². The molecule has 0 saturated carbocycles. The van der Waals surface area contributed by atoms with E-state index in [9.17, 15) is 9.90 Å². The van der Waals surface area contributed by atoms with Crippen LogP contribution in [-0.2, 0) is 15.6 Å². The van der Waals surface area contributed by atoms with Crippen LogP contribution < -0.4 is 5.32 Å². The molecule has 1 rings (SSSR count). The smallest absolute Gasteiger partial charge is 0.314 e. The summed E-state index contributed by atoms with van der Waals surface area (Å²) in [5.74, 6) is 0.312. The summed E-state index contributed by atoms with van der Waals surface area (Å²) in [4.78, 5) is 10.5. The number of aromatic hydroxyl groups is 1. The van der Waals surface area contributed by atoms with Gasteiger partial charge in [-0.15, -0.1) is 0 Å². The molecular weight excluding hydrogens is 226 g/mol. The van der Waals surface area contributed by atoms with Crippen LogP contribution in [0.1, 0.15) is 52.7 Å². The lowest BCUT2D eigenvalue weighted by Crippen LogP contribution is -2.17. The van der Waals surface area contributed by atoms with Crippen LogP contribution in [0.25, 0.3) is 0 Å². The zero-order valence-corrected chi connectivity index (χ0v) is 12.0. The van der Waals surface area contributed by atoms with Crippen molar-refractivity contribution in [1.29, 1.82) is 0 Å². The summed E-state index contributed by atoms with van der Waals surface area (Å²) in [7, 11) is 0. The molecule has 3 nitrogen and oxygen atoms in total. The number of hydrogen-bond acceptors (Lipinski definition) is 2. The molecule has 1 aromatic carbocycles. The Morgan fingerprint density at radius 1 is 1.00 bits per heavy atom. The van der Waals surface area contributed by atoms with E-state index in [1.165, 1.54) is 0 Å². The maximum Gasteiger partial charge on any atom is 0.314 e. The van der Waals surface area contributed by atoms with Gasteiger partial charge in [-0.05, 0) is 23.0 Å². The average Bonchev–Trinajstić information content (AvgIpc) is 2.17. The molecule has 0 aliphatic carbocycles. The normalized spacial score (nSPS) is 12.3. The molecule has 1 radical (unpaired) electrons. The van der Waals surface area contributed by atoms with Gasteiger partial charge in [-0.25, -0.2) is 0 Å². The third-order valence-corrected chi connectivity index (χ3v) is 2.92. The number of rotatable bonds is 2. The number of nitrogens with one attached hydrogen (secondary N) is 1. The molecule has 1 amide bonds. The first-order chi connectivity index (χ1) is 8.07. The van der Waals surface area contributed by atoms with E-state index < -0.39 is 0 Å². The molecule has 0 fully saturated rings. The molecule has 99 valence electrons. The maximum absolute atomic E-state index is 10.5. The van der Waals surface area contributed by atoms with Crippen molar-refractivity contribution >= 4 is 12.1 Å². The Morgan fingerprint density at radius 2 is 1.39 bits per heavy atom. The van der Waals surface area contributed by atoms with E-state index in [1.807, 2.05) is 41.5 Å². The Hall–Kier alpha value is -1.51. The summed E-state index contributed by atoms with van der Waals surface area (Å²) in [5, 5.41) is 13.0. The Balaban J connectivity index is 3.53. The molecule has 0 aliphatic heterocycles. The minimum atomic E-state index is -0.190. The number of phenols is 1. The molecule has 0 atom stereocenters. The highest BCUT2D eigenvalue weighted by molar-refractivity contribution is 5.74. The molecular formula is C15H22NO2. The molecule has 3 heteroatoms. The zero-order valence-electron chi connectivity index (χ0n) is 12.0. The van der Waals surface area contributed by atoms with Gasteiger partial charge in [0.1, 0.15) is 5.75 Å². The fourth-order valence-corrected chi connectivity index (χ4v) is 1.91. The van der Waals surface area contributed by atoms with E-state index in [4.69, 9.17) is 0 Å². The van der Waals surface area contributed by atoms with Crippen molar-refractivity contribution in [1.82, 2.24) is 0 Å². The summed E-state index contributed by atoms with van der Waals surface area (Å²) < 4.78 is 0. The summed E-state index contributed by atoms with van der Waals surface area (Å²) >= 11 is 0. The molecule has 0 bridgehead atoms. The minimum Gasteiger partial charge on any atom is -0.507 e. The summed E-state index contributed by atoms with van der Waals surface area (Å²) in [5.41, 5.74) is 1.94. The quantitative estimate of drug-likeness (QED) is 0.622. The van der Waals surface area contributed by atoms with Gasteiger partial charge >= 0.3 is 6.41 Å². The fraction of sp³-hybridized carbons (Fsp3) is 0.533. The second-order valence-electron chi connectivity index (χ2n) is 6.65.